The van der Waals surface area contributed by atoms with E-state index in [-0.39, 0.29) is 41.3 Å². The highest BCUT2D eigenvalue weighted by Crippen LogP contribution is 2.66. The zero-order valence-corrected chi connectivity index (χ0v) is 27.5. The first-order valence-corrected chi connectivity index (χ1v) is 17.9. The molecule has 21 nitrogen and oxygen atoms in total. The van der Waals surface area contributed by atoms with Gasteiger partial charge in [0, 0.05) is 24.2 Å². The van der Waals surface area contributed by atoms with Gasteiger partial charge in [-0.15, -0.1) is 0 Å². The van der Waals surface area contributed by atoms with Gasteiger partial charge in [-0.3, -0.25) is 24.4 Å². The molecule has 3 heterocycles. The normalized spacial score (nSPS) is 22.2. The van der Waals surface area contributed by atoms with Gasteiger partial charge in [-0.05, 0) is 11.5 Å². The minimum atomic E-state index is -5.76. The Labute approximate surface area is 264 Å². The quantitative estimate of drug-likeness (QED) is 0.0755. The van der Waals surface area contributed by atoms with E-state index in [4.69, 9.17) is 25.0 Å². The predicted molar refractivity (Wildman–Crippen MR) is 159 cm³/mol. The smallest absolute Gasteiger partial charge is 0.390 e. The molecule has 24 heteroatoms. The zero-order chi connectivity index (χ0) is 35.1. The van der Waals surface area contributed by atoms with Gasteiger partial charge in [0.2, 0.25) is 5.95 Å². The number of hydrogen-bond donors (Lipinski definition) is 7. The minimum absolute atomic E-state index is 0.00795. The summed E-state index contributed by atoms with van der Waals surface area (Å²) >= 11 is 0. The standard InChI is InChI=1S/C23H32N5O16P3/c1-23(2,3)19(13-6-4-5-7-14(13)28(31)32)40-10-12-9-27(20-18(12)21(30)26-22(24)25-20)17-8-15(29)16(42-17)11-41-46(36,37)44-47(38,39)43-45(33,34)35/h4-7,9,15-17,19,29H,8,10-11H2,1-3H3,(H,36,37)(H,38,39)(H2,33,34,35)(H3,24,25,26,30)/t15?,16-,17-,19-/m1/s1. The molecular formula is C23H32N5O16P3. The number of nitrogens with zero attached hydrogens (tertiary/aromatic N) is 3. The van der Waals surface area contributed by atoms with Gasteiger partial charge >= 0.3 is 23.5 Å². The Balaban J connectivity index is 1.58. The van der Waals surface area contributed by atoms with Gasteiger partial charge in [0.05, 0.1) is 41.3 Å². The molecule has 0 amide bonds. The van der Waals surface area contributed by atoms with Crippen LogP contribution in [0.2, 0.25) is 0 Å². The molecule has 0 spiro atoms. The number of hydrogen-bond acceptors (Lipinski definition) is 14. The van der Waals surface area contributed by atoms with Crippen LogP contribution in [-0.4, -0.2) is 63.0 Å². The molecule has 3 aromatic rings. The number of aliphatic hydroxyl groups excluding tert-OH is 1. The largest absolute Gasteiger partial charge is 0.490 e. The van der Waals surface area contributed by atoms with Crippen LogP contribution in [0.25, 0.3) is 11.0 Å². The summed E-state index contributed by atoms with van der Waals surface area (Å²) < 4.78 is 59.8. The number of H-pyrrole nitrogens is 1. The van der Waals surface area contributed by atoms with Crippen molar-refractivity contribution in [2.75, 3.05) is 12.3 Å². The number of fused-ring (bicyclic) bond motifs is 1. The van der Waals surface area contributed by atoms with Crippen molar-refractivity contribution in [3.8, 4) is 0 Å². The summed E-state index contributed by atoms with van der Waals surface area (Å²) in [6, 6.07) is 6.08. The molecule has 2 aromatic heterocycles. The van der Waals surface area contributed by atoms with Crippen LogP contribution < -0.4 is 11.3 Å². The Morgan fingerprint density at radius 1 is 1.17 bits per heavy atom. The van der Waals surface area contributed by atoms with Crippen LogP contribution in [0.3, 0.4) is 0 Å². The lowest BCUT2D eigenvalue weighted by molar-refractivity contribution is -0.386. The van der Waals surface area contributed by atoms with Crippen LogP contribution in [0.15, 0.2) is 35.3 Å². The number of phosphoric ester groups is 1. The number of nitrogens with one attached hydrogen (secondary N) is 1. The number of anilines is 1. The van der Waals surface area contributed by atoms with Crippen molar-refractivity contribution >= 4 is 46.1 Å². The van der Waals surface area contributed by atoms with Crippen molar-refractivity contribution < 1.29 is 65.9 Å². The summed E-state index contributed by atoms with van der Waals surface area (Å²) in [6.45, 7) is 4.31. The molecular weight excluding hydrogens is 695 g/mol. The first-order valence-electron chi connectivity index (χ1n) is 13.4. The van der Waals surface area contributed by atoms with Crippen LogP contribution in [0.4, 0.5) is 11.6 Å². The highest BCUT2D eigenvalue weighted by atomic mass is 31.3. The van der Waals surface area contributed by atoms with Crippen molar-refractivity contribution in [1.29, 1.82) is 0 Å². The molecule has 1 fully saturated rings. The van der Waals surface area contributed by atoms with Gasteiger partial charge in [-0.2, -0.15) is 13.6 Å². The summed E-state index contributed by atoms with van der Waals surface area (Å²) in [5, 5.41) is 22.4. The van der Waals surface area contributed by atoms with E-state index in [1.54, 1.807) is 12.1 Å². The molecule has 6 atom stereocenters. The van der Waals surface area contributed by atoms with E-state index in [1.165, 1.54) is 22.9 Å². The van der Waals surface area contributed by atoms with E-state index in [0.29, 0.717) is 5.56 Å². The van der Waals surface area contributed by atoms with Crippen molar-refractivity contribution in [2.45, 2.75) is 58.3 Å². The minimum Gasteiger partial charge on any atom is -0.390 e. The summed E-state index contributed by atoms with van der Waals surface area (Å²) in [7, 11) is -16.9. The van der Waals surface area contributed by atoms with Crippen molar-refractivity contribution in [1.82, 2.24) is 14.5 Å². The lowest BCUT2D eigenvalue weighted by atomic mass is 9.84. The van der Waals surface area contributed by atoms with E-state index in [1.807, 2.05) is 20.8 Å². The van der Waals surface area contributed by atoms with Crippen molar-refractivity contribution in [3.63, 3.8) is 0 Å². The van der Waals surface area contributed by atoms with Gasteiger partial charge in [-0.1, -0.05) is 32.9 Å². The number of nitrogen functional groups attached to an aromatic ring is 1. The van der Waals surface area contributed by atoms with E-state index in [9.17, 15) is 43.5 Å². The molecule has 0 aliphatic carbocycles. The molecule has 47 heavy (non-hydrogen) atoms. The average molecular weight is 727 g/mol. The molecule has 1 aliphatic rings. The van der Waals surface area contributed by atoms with E-state index < -0.39 is 70.5 Å². The number of aromatic amines is 1. The summed E-state index contributed by atoms with van der Waals surface area (Å²) in [5.74, 6) is -0.260. The third kappa shape index (κ3) is 9.18. The molecule has 1 aliphatic heterocycles. The van der Waals surface area contributed by atoms with Gasteiger partial charge in [0.15, 0.2) is 5.65 Å². The fourth-order valence-electron chi connectivity index (χ4n) is 4.94. The number of para-hydroxylation sites is 1. The topological polar surface area (TPSA) is 318 Å². The summed E-state index contributed by atoms with van der Waals surface area (Å²) in [5.41, 5.74) is 4.93. The molecule has 1 aromatic carbocycles. The molecule has 4 rings (SSSR count). The average Bonchev–Trinajstić information content (AvgIpc) is 3.44. The zero-order valence-electron chi connectivity index (χ0n) is 24.8. The second kappa shape index (κ2) is 13.6. The fourth-order valence-corrected chi connectivity index (χ4v) is 7.97. The monoisotopic (exact) mass is 727 g/mol. The SMILES string of the molecule is CC(C)(C)[C@H](OCc1cn([C@H]2CC(O)[C@@H](COP(=O)(O)OP(=O)(O)OP(=O)(O)O)O2)c2nc(N)[nH]c(=O)c12)c1ccccc1[N+](=O)[O-]. The third-order valence-electron chi connectivity index (χ3n) is 6.72. The highest BCUT2D eigenvalue weighted by Gasteiger charge is 2.43. The Hall–Kier alpha value is -2.87. The lowest BCUT2D eigenvalue weighted by Gasteiger charge is -2.30. The molecule has 0 saturated carbocycles. The van der Waals surface area contributed by atoms with Crippen LogP contribution in [0.5, 0.6) is 0 Å². The number of phosphoric acid groups is 3. The molecule has 0 bridgehead atoms. The van der Waals surface area contributed by atoms with Crippen molar-refractivity contribution in [3.05, 3.63) is 62.1 Å². The van der Waals surface area contributed by atoms with Crippen LogP contribution >= 0.6 is 23.5 Å². The Morgan fingerprint density at radius 2 is 1.83 bits per heavy atom. The van der Waals surface area contributed by atoms with Gasteiger partial charge < -0.3 is 44.5 Å². The Bertz CT molecular complexity index is 1850. The van der Waals surface area contributed by atoms with Crippen LogP contribution in [0.1, 0.15) is 50.7 Å². The molecule has 3 unspecified atom stereocenters. The summed E-state index contributed by atoms with van der Waals surface area (Å²) in [6.07, 6.45) is -3.40. The van der Waals surface area contributed by atoms with E-state index in [0.717, 1.165) is 0 Å². The maximum Gasteiger partial charge on any atom is 0.490 e. The number of nitro groups is 1. The number of rotatable bonds is 13. The molecule has 8 N–H and O–H groups in total. The fraction of sp³-hybridized carbons (Fsp3) is 0.478. The third-order valence-corrected chi connectivity index (χ3v) is 10.5. The number of benzene rings is 1. The lowest BCUT2D eigenvalue weighted by Crippen LogP contribution is -2.26. The highest BCUT2D eigenvalue weighted by molar-refractivity contribution is 7.66. The van der Waals surface area contributed by atoms with Crippen LogP contribution in [0, 0.1) is 15.5 Å². The molecule has 260 valence electrons. The summed E-state index contributed by atoms with van der Waals surface area (Å²) in [4.78, 5) is 67.2. The Kier molecular flexibility index (Phi) is 10.7. The second-order valence-corrected chi connectivity index (χ2v) is 15.8. The maximum absolute atomic E-state index is 13.0. The maximum atomic E-state index is 13.0. The first kappa shape index (κ1) is 37.0. The molecule has 0 radical (unpaired) electrons. The number of nitro benzene ring substituents is 1. The first-order chi connectivity index (χ1) is 21.6. The number of aliphatic hydroxyl groups is 1. The predicted octanol–water partition coefficient (Wildman–Crippen LogP) is 2.51. The van der Waals surface area contributed by atoms with Gasteiger partial charge in [-0.25, -0.2) is 13.7 Å². The second-order valence-electron chi connectivity index (χ2n) is 11.4. The molecule has 1 saturated heterocycles. The van der Waals surface area contributed by atoms with Crippen molar-refractivity contribution in [2.24, 2.45) is 5.41 Å². The van der Waals surface area contributed by atoms with E-state index in [2.05, 4.69) is 23.1 Å². The van der Waals surface area contributed by atoms with Gasteiger partial charge in [0.1, 0.15) is 12.3 Å². The number of nitrogens with two attached hydrogens (primary N) is 1. The Morgan fingerprint density at radius 3 is 2.45 bits per heavy atom. The van der Waals surface area contributed by atoms with Crippen LogP contribution in [-0.2, 0) is 42.9 Å². The van der Waals surface area contributed by atoms with Gasteiger partial charge in [0.25, 0.3) is 11.2 Å². The number of aromatic nitrogens is 3. The number of ether oxygens (including phenoxy) is 2. The van der Waals surface area contributed by atoms with E-state index >= 15 is 0 Å².